The van der Waals surface area contributed by atoms with Crippen LogP contribution in [0.2, 0.25) is 5.02 Å². The summed E-state index contributed by atoms with van der Waals surface area (Å²) in [6, 6.07) is 5.49. The summed E-state index contributed by atoms with van der Waals surface area (Å²) < 4.78 is 5.26. The van der Waals surface area contributed by atoms with Crippen LogP contribution in [0.4, 0.5) is 4.79 Å². The maximum Gasteiger partial charge on any atom is 0.407 e. The molecule has 0 fully saturated rings. The molecule has 1 heterocycles. The van der Waals surface area contributed by atoms with Gasteiger partial charge in [-0.2, -0.15) is 0 Å². The Morgan fingerprint density at radius 2 is 2.18 bits per heavy atom. The maximum absolute atomic E-state index is 11.9. The minimum Gasteiger partial charge on any atom is -0.444 e. The molecule has 1 aromatic carbocycles. The number of H-pyrrole nitrogens is 1. The molecule has 0 aliphatic heterocycles. The van der Waals surface area contributed by atoms with Crippen molar-refractivity contribution < 1.29 is 9.53 Å². The van der Waals surface area contributed by atoms with Crippen molar-refractivity contribution in [3.8, 4) is 0 Å². The first-order valence-electron chi connectivity index (χ1n) is 7.23. The molecule has 1 aromatic heterocycles. The first-order chi connectivity index (χ1) is 10.3. The Bertz CT molecular complexity index is 661. The van der Waals surface area contributed by atoms with Gasteiger partial charge in [-0.25, -0.2) is 4.79 Å². The minimum absolute atomic E-state index is 0.190. The number of benzene rings is 1. The van der Waals surface area contributed by atoms with Gasteiger partial charge in [0.15, 0.2) is 0 Å². The summed E-state index contributed by atoms with van der Waals surface area (Å²) in [5, 5.41) is 4.57. The van der Waals surface area contributed by atoms with E-state index in [9.17, 15) is 4.79 Å². The van der Waals surface area contributed by atoms with Crippen LogP contribution < -0.4 is 11.1 Å². The summed E-state index contributed by atoms with van der Waals surface area (Å²) in [6.45, 7) is 5.81. The molecule has 0 bridgehead atoms. The smallest absolute Gasteiger partial charge is 0.407 e. The van der Waals surface area contributed by atoms with Gasteiger partial charge in [0.2, 0.25) is 0 Å². The topological polar surface area (TPSA) is 80.1 Å². The van der Waals surface area contributed by atoms with Gasteiger partial charge in [0.1, 0.15) is 5.60 Å². The Kier molecular flexibility index (Phi) is 4.98. The normalized spacial score (nSPS) is 13.1. The van der Waals surface area contributed by atoms with E-state index in [0.717, 1.165) is 16.5 Å². The van der Waals surface area contributed by atoms with Gasteiger partial charge in [-0.05, 0) is 44.9 Å². The lowest BCUT2D eigenvalue weighted by molar-refractivity contribution is 0.0506. The molecule has 2 aromatic rings. The molecule has 0 saturated carbocycles. The third-order valence-corrected chi connectivity index (χ3v) is 3.44. The van der Waals surface area contributed by atoms with Crippen molar-refractivity contribution in [1.82, 2.24) is 10.3 Å². The second kappa shape index (κ2) is 6.58. The van der Waals surface area contributed by atoms with Gasteiger partial charge < -0.3 is 20.8 Å². The molecule has 0 spiro atoms. The van der Waals surface area contributed by atoms with Crippen LogP contribution in [0.5, 0.6) is 0 Å². The van der Waals surface area contributed by atoms with Crippen LogP contribution in [0.3, 0.4) is 0 Å². The number of carbonyl (C=O) groups excluding carboxylic acids is 1. The fraction of sp³-hybridized carbons (Fsp3) is 0.438. The van der Waals surface area contributed by atoms with Crippen LogP contribution in [0.1, 0.15) is 26.3 Å². The molecule has 0 saturated heterocycles. The number of aromatic amines is 1. The standard InChI is InChI=1S/C16H22ClN3O2/c1-16(2,3)22-15(21)20-12(8-18)6-10-9-19-14-7-11(17)4-5-13(10)14/h4-5,7,9,12,19H,6,8,18H2,1-3H3,(H,20,21). The number of aromatic nitrogens is 1. The molecule has 120 valence electrons. The highest BCUT2D eigenvalue weighted by atomic mass is 35.5. The molecule has 4 N–H and O–H groups in total. The quantitative estimate of drug-likeness (QED) is 0.808. The molecule has 5 nitrogen and oxygen atoms in total. The van der Waals surface area contributed by atoms with Gasteiger partial charge in [0.05, 0.1) is 0 Å². The second-order valence-corrected chi connectivity index (χ2v) is 6.72. The van der Waals surface area contributed by atoms with E-state index in [2.05, 4.69) is 10.3 Å². The van der Waals surface area contributed by atoms with Crippen LogP contribution >= 0.6 is 11.6 Å². The zero-order chi connectivity index (χ0) is 16.3. The largest absolute Gasteiger partial charge is 0.444 e. The lowest BCUT2D eigenvalue weighted by Crippen LogP contribution is -2.44. The van der Waals surface area contributed by atoms with Gasteiger partial charge in [-0.3, -0.25) is 0 Å². The van der Waals surface area contributed by atoms with Gasteiger partial charge in [-0.15, -0.1) is 0 Å². The Morgan fingerprint density at radius 1 is 1.45 bits per heavy atom. The van der Waals surface area contributed by atoms with Crippen molar-refractivity contribution in [2.24, 2.45) is 5.73 Å². The summed E-state index contributed by atoms with van der Waals surface area (Å²) in [5.41, 5.74) is 7.29. The number of nitrogens with two attached hydrogens (primary N) is 1. The molecule has 22 heavy (non-hydrogen) atoms. The number of alkyl carbamates (subject to hydrolysis) is 1. The van der Waals surface area contributed by atoms with E-state index in [0.29, 0.717) is 18.0 Å². The van der Waals surface area contributed by atoms with Crippen molar-refractivity contribution in [3.05, 3.63) is 35.0 Å². The molecule has 1 atom stereocenters. The molecule has 6 heteroatoms. The SMILES string of the molecule is CC(C)(C)OC(=O)NC(CN)Cc1c[nH]c2cc(Cl)ccc12. The van der Waals surface area contributed by atoms with Crippen LogP contribution in [-0.4, -0.2) is 29.3 Å². The Balaban J connectivity index is 2.07. The summed E-state index contributed by atoms with van der Waals surface area (Å²) in [5.74, 6) is 0. The predicted molar refractivity (Wildman–Crippen MR) is 89.2 cm³/mol. The highest BCUT2D eigenvalue weighted by molar-refractivity contribution is 6.31. The Labute approximate surface area is 135 Å². The Hall–Kier alpha value is -1.72. The second-order valence-electron chi connectivity index (χ2n) is 6.29. The van der Waals surface area contributed by atoms with Crippen molar-refractivity contribution in [1.29, 1.82) is 0 Å². The Morgan fingerprint density at radius 3 is 2.82 bits per heavy atom. The monoisotopic (exact) mass is 323 g/mol. The van der Waals surface area contributed by atoms with Gasteiger partial charge in [0, 0.05) is 34.7 Å². The van der Waals surface area contributed by atoms with E-state index in [1.165, 1.54) is 0 Å². The van der Waals surface area contributed by atoms with Crippen molar-refractivity contribution in [3.63, 3.8) is 0 Å². The van der Waals surface area contributed by atoms with Crippen molar-refractivity contribution in [2.75, 3.05) is 6.54 Å². The van der Waals surface area contributed by atoms with Crippen LogP contribution in [0, 0.1) is 0 Å². The lowest BCUT2D eigenvalue weighted by atomic mass is 10.1. The first-order valence-corrected chi connectivity index (χ1v) is 7.61. The van der Waals surface area contributed by atoms with E-state index in [1.807, 2.05) is 45.2 Å². The van der Waals surface area contributed by atoms with Crippen molar-refractivity contribution >= 4 is 28.6 Å². The molecule has 1 unspecified atom stereocenters. The summed E-state index contributed by atoms with van der Waals surface area (Å²) >= 11 is 5.98. The number of halogens is 1. The third-order valence-electron chi connectivity index (χ3n) is 3.20. The highest BCUT2D eigenvalue weighted by Crippen LogP contribution is 2.23. The number of nitrogens with one attached hydrogen (secondary N) is 2. The van der Waals surface area contributed by atoms with Crippen LogP contribution in [0.15, 0.2) is 24.4 Å². The summed E-state index contributed by atoms with van der Waals surface area (Å²) in [6.07, 6.45) is 2.09. The molecule has 2 rings (SSSR count). The third kappa shape index (κ3) is 4.39. The first kappa shape index (κ1) is 16.6. The number of hydrogen-bond acceptors (Lipinski definition) is 3. The maximum atomic E-state index is 11.9. The predicted octanol–water partition coefficient (Wildman–Crippen LogP) is 3.22. The van der Waals surface area contributed by atoms with Crippen LogP contribution in [-0.2, 0) is 11.2 Å². The number of amides is 1. The number of fused-ring (bicyclic) bond motifs is 1. The van der Waals surface area contributed by atoms with Crippen LogP contribution in [0.25, 0.3) is 10.9 Å². The van der Waals surface area contributed by atoms with E-state index < -0.39 is 11.7 Å². The van der Waals surface area contributed by atoms with Gasteiger partial charge >= 0.3 is 6.09 Å². The molecule has 1 amide bonds. The van der Waals surface area contributed by atoms with E-state index in [4.69, 9.17) is 22.1 Å². The van der Waals surface area contributed by atoms with E-state index in [-0.39, 0.29) is 6.04 Å². The van der Waals surface area contributed by atoms with E-state index >= 15 is 0 Å². The molecule has 0 aliphatic rings. The number of ether oxygens (including phenoxy) is 1. The van der Waals surface area contributed by atoms with Gasteiger partial charge in [0.25, 0.3) is 0 Å². The highest BCUT2D eigenvalue weighted by Gasteiger charge is 2.19. The number of rotatable bonds is 4. The molecular weight excluding hydrogens is 302 g/mol. The fourth-order valence-electron chi connectivity index (χ4n) is 2.26. The summed E-state index contributed by atoms with van der Waals surface area (Å²) in [7, 11) is 0. The zero-order valence-corrected chi connectivity index (χ0v) is 13.8. The fourth-order valence-corrected chi connectivity index (χ4v) is 2.43. The average molecular weight is 324 g/mol. The molecule has 0 aliphatic carbocycles. The summed E-state index contributed by atoms with van der Waals surface area (Å²) in [4.78, 5) is 15.0. The number of hydrogen-bond donors (Lipinski definition) is 3. The minimum atomic E-state index is -0.527. The molecular formula is C16H22ClN3O2. The number of carbonyl (C=O) groups is 1. The average Bonchev–Trinajstić information content (AvgIpc) is 2.78. The van der Waals surface area contributed by atoms with Crippen molar-refractivity contribution in [2.45, 2.75) is 38.8 Å². The molecule has 0 radical (unpaired) electrons. The zero-order valence-electron chi connectivity index (χ0n) is 13.1. The van der Waals surface area contributed by atoms with Gasteiger partial charge in [-0.1, -0.05) is 17.7 Å². The van der Waals surface area contributed by atoms with E-state index in [1.54, 1.807) is 0 Å². The lowest BCUT2D eigenvalue weighted by Gasteiger charge is -2.23.